The highest BCUT2D eigenvalue weighted by Gasteiger charge is 2.60. The number of nitrogens with zero attached hydrogens (tertiary/aromatic N) is 1. The lowest BCUT2D eigenvalue weighted by molar-refractivity contribution is -0.143. The molecule has 2 aliphatic heterocycles. The van der Waals surface area contributed by atoms with Crippen molar-refractivity contribution in [1.29, 1.82) is 0 Å². The van der Waals surface area contributed by atoms with Crippen molar-refractivity contribution < 1.29 is 5.11 Å². The number of benzene rings is 1. The standard InChI is InChI=1S/C19H27NO/c1-18(2,21)14-10-15-16-9-12-7-5-6-8-13(12)19(15,3)11-17(14)20(16)4/h5-8,14-17,21H,9-11H2,1-4H3/t14?,15?,16?,17?,19-/m1/s1. The van der Waals surface area contributed by atoms with Gasteiger partial charge in [0.15, 0.2) is 0 Å². The van der Waals surface area contributed by atoms with E-state index in [-0.39, 0.29) is 0 Å². The number of aliphatic hydroxyl groups is 1. The minimum Gasteiger partial charge on any atom is -0.390 e. The van der Waals surface area contributed by atoms with Gasteiger partial charge >= 0.3 is 0 Å². The van der Waals surface area contributed by atoms with Gasteiger partial charge in [0.25, 0.3) is 0 Å². The van der Waals surface area contributed by atoms with E-state index in [4.69, 9.17) is 0 Å². The molecule has 0 aromatic heterocycles. The maximum Gasteiger partial charge on any atom is 0.0634 e. The van der Waals surface area contributed by atoms with Crippen LogP contribution in [-0.4, -0.2) is 34.7 Å². The van der Waals surface area contributed by atoms with Gasteiger partial charge in [-0.05, 0) is 62.6 Å². The molecule has 2 heteroatoms. The highest BCUT2D eigenvalue weighted by molar-refractivity contribution is 5.41. The van der Waals surface area contributed by atoms with E-state index in [2.05, 4.69) is 43.1 Å². The molecule has 1 aromatic rings. The van der Waals surface area contributed by atoms with Crippen LogP contribution in [0.2, 0.25) is 0 Å². The van der Waals surface area contributed by atoms with E-state index in [0.717, 1.165) is 0 Å². The molecule has 0 amide bonds. The summed E-state index contributed by atoms with van der Waals surface area (Å²) in [7, 11) is 2.29. The number of piperidine rings is 2. The first-order valence-electron chi connectivity index (χ1n) is 8.35. The molecule has 1 aromatic carbocycles. The van der Waals surface area contributed by atoms with Crippen LogP contribution < -0.4 is 0 Å². The molecule has 1 N–H and O–H groups in total. The summed E-state index contributed by atoms with van der Waals surface area (Å²) in [5.74, 6) is 1.08. The summed E-state index contributed by atoms with van der Waals surface area (Å²) >= 11 is 0. The first-order chi connectivity index (χ1) is 9.82. The number of fused-ring (bicyclic) bond motifs is 2. The topological polar surface area (TPSA) is 23.5 Å². The van der Waals surface area contributed by atoms with E-state index in [9.17, 15) is 5.11 Å². The molecule has 3 fully saturated rings. The Morgan fingerprint density at radius 3 is 2.67 bits per heavy atom. The van der Waals surface area contributed by atoms with Gasteiger partial charge in [0, 0.05) is 18.0 Å². The third kappa shape index (κ3) is 1.72. The van der Waals surface area contributed by atoms with Crippen LogP contribution in [0, 0.1) is 11.8 Å². The number of hydrogen-bond acceptors (Lipinski definition) is 2. The van der Waals surface area contributed by atoms with Gasteiger partial charge in [0.1, 0.15) is 0 Å². The van der Waals surface area contributed by atoms with Crippen molar-refractivity contribution in [2.75, 3.05) is 7.05 Å². The zero-order chi connectivity index (χ0) is 15.0. The fourth-order valence-corrected chi connectivity index (χ4v) is 5.79. The van der Waals surface area contributed by atoms with Gasteiger partial charge in [0.05, 0.1) is 5.60 Å². The lowest BCUT2D eigenvalue weighted by Crippen LogP contribution is -2.70. The molecular weight excluding hydrogens is 258 g/mol. The molecule has 4 aliphatic rings. The predicted molar refractivity (Wildman–Crippen MR) is 85.3 cm³/mol. The smallest absolute Gasteiger partial charge is 0.0634 e. The lowest BCUT2D eigenvalue weighted by atomic mass is 9.48. The van der Waals surface area contributed by atoms with Gasteiger partial charge in [-0.25, -0.2) is 0 Å². The molecule has 2 nitrogen and oxygen atoms in total. The fourth-order valence-electron chi connectivity index (χ4n) is 5.79. The maximum absolute atomic E-state index is 10.6. The average molecular weight is 285 g/mol. The summed E-state index contributed by atoms with van der Waals surface area (Å²) in [6, 6.07) is 10.2. The molecule has 1 saturated carbocycles. The summed E-state index contributed by atoms with van der Waals surface area (Å²) in [6.07, 6.45) is 3.55. The molecule has 4 unspecified atom stereocenters. The second kappa shape index (κ2) is 4.11. The van der Waals surface area contributed by atoms with Crippen molar-refractivity contribution in [2.24, 2.45) is 11.8 Å². The van der Waals surface area contributed by atoms with E-state index in [0.29, 0.717) is 29.3 Å². The van der Waals surface area contributed by atoms with E-state index < -0.39 is 5.60 Å². The molecule has 21 heavy (non-hydrogen) atoms. The minimum absolute atomic E-state index is 0.304. The van der Waals surface area contributed by atoms with Crippen LogP contribution in [0.3, 0.4) is 0 Å². The maximum atomic E-state index is 10.6. The van der Waals surface area contributed by atoms with Crippen LogP contribution in [0.4, 0.5) is 0 Å². The summed E-state index contributed by atoms with van der Waals surface area (Å²) < 4.78 is 0. The molecule has 2 aliphatic carbocycles. The van der Waals surface area contributed by atoms with Gasteiger partial charge in [-0.3, -0.25) is 4.90 Å². The van der Waals surface area contributed by atoms with Gasteiger partial charge < -0.3 is 5.11 Å². The first-order valence-corrected chi connectivity index (χ1v) is 8.35. The highest BCUT2D eigenvalue weighted by Crippen LogP contribution is 2.59. The second-order valence-electron chi connectivity index (χ2n) is 8.39. The quantitative estimate of drug-likeness (QED) is 0.857. The minimum atomic E-state index is -0.567. The Balaban J connectivity index is 1.81. The Morgan fingerprint density at radius 2 is 1.95 bits per heavy atom. The van der Waals surface area contributed by atoms with Crippen LogP contribution >= 0.6 is 0 Å². The Labute approximate surface area is 128 Å². The molecule has 2 saturated heterocycles. The zero-order valence-corrected chi connectivity index (χ0v) is 13.6. The molecule has 5 atom stereocenters. The molecule has 5 rings (SSSR count). The van der Waals surface area contributed by atoms with Gasteiger partial charge in [-0.1, -0.05) is 31.2 Å². The Kier molecular flexibility index (Phi) is 2.70. The van der Waals surface area contributed by atoms with Crippen molar-refractivity contribution in [3.05, 3.63) is 35.4 Å². The third-order valence-electron chi connectivity index (χ3n) is 6.90. The first kappa shape index (κ1) is 13.8. The Bertz CT molecular complexity index is 575. The largest absolute Gasteiger partial charge is 0.390 e. The Hall–Kier alpha value is -0.860. The predicted octanol–water partition coefficient (Wildman–Crippen LogP) is 2.98. The summed E-state index contributed by atoms with van der Waals surface area (Å²) in [4.78, 5) is 2.59. The van der Waals surface area contributed by atoms with E-state index in [1.165, 1.54) is 19.3 Å². The molecule has 0 radical (unpaired) electrons. The summed E-state index contributed by atoms with van der Waals surface area (Å²) in [5.41, 5.74) is 2.87. The third-order valence-corrected chi connectivity index (χ3v) is 6.90. The zero-order valence-electron chi connectivity index (χ0n) is 13.6. The molecule has 114 valence electrons. The highest BCUT2D eigenvalue weighted by atomic mass is 16.3. The molecular formula is C19H27NO. The SMILES string of the molecule is CN1C2C[C@]3(C)c4ccccc4CC1C3CC2C(C)(C)O. The van der Waals surface area contributed by atoms with Crippen LogP contribution in [0.1, 0.15) is 44.7 Å². The number of rotatable bonds is 1. The van der Waals surface area contributed by atoms with Crippen LogP contribution in [-0.2, 0) is 11.8 Å². The van der Waals surface area contributed by atoms with E-state index >= 15 is 0 Å². The second-order valence-corrected chi connectivity index (χ2v) is 8.39. The van der Waals surface area contributed by atoms with Crippen molar-refractivity contribution in [1.82, 2.24) is 4.90 Å². The monoisotopic (exact) mass is 285 g/mol. The van der Waals surface area contributed by atoms with Crippen molar-refractivity contribution >= 4 is 0 Å². The van der Waals surface area contributed by atoms with Crippen LogP contribution in [0.5, 0.6) is 0 Å². The molecule has 4 bridgehead atoms. The number of hydrogen-bond donors (Lipinski definition) is 1. The van der Waals surface area contributed by atoms with Gasteiger partial charge in [0.2, 0.25) is 0 Å². The van der Waals surface area contributed by atoms with Crippen LogP contribution in [0.25, 0.3) is 0 Å². The fraction of sp³-hybridized carbons (Fsp3) is 0.684. The van der Waals surface area contributed by atoms with E-state index in [1.54, 1.807) is 11.1 Å². The van der Waals surface area contributed by atoms with Crippen molar-refractivity contribution in [3.8, 4) is 0 Å². The molecule has 2 heterocycles. The van der Waals surface area contributed by atoms with Crippen LogP contribution in [0.15, 0.2) is 24.3 Å². The van der Waals surface area contributed by atoms with E-state index in [1.807, 2.05) is 13.8 Å². The van der Waals surface area contributed by atoms with Gasteiger partial charge in [-0.15, -0.1) is 0 Å². The summed E-state index contributed by atoms with van der Waals surface area (Å²) in [5, 5.41) is 10.6. The summed E-state index contributed by atoms with van der Waals surface area (Å²) in [6.45, 7) is 6.47. The lowest BCUT2D eigenvalue weighted by Gasteiger charge is -2.65. The van der Waals surface area contributed by atoms with Gasteiger partial charge in [-0.2, -0.15) is 0 Å². The van der Waals surface area contributed by atoms with Crippen molar-refractivity contribution in [3.63, 3.8) is 0 Å². The Morgan fingerprint density at radius 1 is 1.24 bits per heavy atom. The molecule has 0 spiro atoms. The average Bonchev–Trinajstić information content (AvgIpc) is 2.42. The number of likely N-dealkylation sites (N-methyl/N-ethyl adjacent to an activating group) is 1. The van der Waals surface area contributed by atoms with Crippen molar-refractivity contribution in [2.45, 2.75) is 63.1 Å². The normalized spacial score (nSPS) is 42.0.